The monoisotopic (exact) mass is 249 g/mol. The van der Waals surface area contributed by atoms with Crippen LogP contribution in [0.25, 0.3) is 0 Å². The maximum atomic E-state index is 9.78. The van der Waals surface area contributed by atoms with E-state index in [0.717, 1.165) is 6.54 Å². The number of hydrogen-bond donors (Lipinski definition) is 1. The van der Waals surface area contributed by atoms with E-state index in [-0.39, 0.29) is 12.0 Å². The van der Waals surface area contributed by atoms with Crippen LogP contribution in [-0.2, 0) is 5.41 Å². The van der Waals surface area contributed by atoms with Gasteiger partial charge < -0.3 is 10.0 Å². The molecule has 1 aromatic rings. The lowest BCUT2D eigenvalue weighted by Crippen LogP contribution is -2.44. The molecule has 0 bridgehead atoms. The van der Waals surface area contributed by atoms with Gasteiger partial charge in [-0.15, -0.1) is 0 Å². The summed E-state index contributed by atoms with van der Waals surface area (Å²) in [6, 6.07) is 10.8. The Morgan fingerprint density at radius 1 is 1.17 bits per heavy atom. The summed E-state index contributed by atoms with van der Waals surface area (Å²) in [5.41, 5.74) is 1.01. The highest BCUT2D eigenvalue weighted by Crippen LogP contribution is 2.25. The van der Waals surface area contributed by atoms with Gasteiger partial charge in [0.25, 0.3) is 0 Å². The molecule has 0 aliphatic rings. The van der Waals surface area contributed by atoms with Crippen LogP contribution in [0.1, 0.15) is 33.3 Å². The van der Waals surface area contributed by atoms with Crippen molar-refractivity contribution in [3.8, 4) is 0 Å². The van der Waals surface area contributed by atoms with Crippen LogP contribution in [0.5, 0.6) is 0 Å². The summed E-state index contributed by atoms with van der Waals surface area (Å²) < 4.78 is 0. The van der Waals surface area contributed by atoms with Crippen LogP contribution < -0.4 is 0 Å². The maximum Gasteiger partial charge on any atom is 0.0537 e. The Bertz CT molecular complexity index is 349. The van der Waals surface area contributed by atoms with Crippen molar-refractivity contribution in [2.45, 2.75) is 39.2 Å². The predicted octanol–water partition coefficient (Wildman–Crippen LogP) is 2.91. The van der Waals surface area contributed by atoms with Crippen molar-refractivity contribution in [2.75, 3.05) is 20.2 Å². The Balaban J connectivity index is 2.84. The average Bonchev–Trinajstić information content (AvgIpc) is 2.38. The minimum absolute atomic E-state index is 0.173. The Labute approximate surface area is 112 Å². The Morgan fingerprint density at radius 3 is 2.17 bits per heavy atom. The number of aliphatic hydroxyl groups excluding tert-OH is 1. The SMILES string of the molecule is CC(C)C(C)N(C)CC(C)(CO)c1ccccc1. The highest BCUT2D eigenvalue weighted by molar-refractivity contribution is 5.25. The molecule has 18 heavy (non-hydrogen) atoms. The molecule has 1 aromatic carbocycles. The van der Waals surface area contributed by atoms with Crippen molar-refractivity contribution in [3.05, 3.63) is 35.9 Å². The molecule has 2 heteroatoms. The van der Waals surface area contributed by atoms with Crippen LogP contribution in [0, 0.1) is 5.92 Å². The molecular weight excluding hydrogens is 222 g/mol. The van der Waals surface area contributed by atoms with Crippen molar-refractivity contribution in [1.29, 1.82) is 0 Å². The van der Waals surface area contributed by atoms with Crippen LogP contribution in [0.4, 0.5) is 0 Å². The molecule has 0 radical (unpaired) electrons. The molecule has 0 amide bonds. The number of rotatable bonds is 6. The highest BCUT2D eigenvalue weighted by atomic mass is 16.3. The number of nitrogens with zero attached hydrogens (tertiary/aromatic N) is 1. The molecule has 2 nitrogen and oxygen atoms in total. The number of likely N-dealkylation sites (N-methyl/N-ethyl adjacent to an activating group) is 1. The van der Waals surface area contributed by atoms with Gasteiger partial charge in [0, 0.05) is 18.0 Å². The van der Waals surface area contributed by atoms with Crippen molar-refractivity contribution >= 4 is 0 Å². The minimum Gasteiger partial charge on any atom is -0.395 e. The summed E-state index contributed by atoms with van der Waals surface area (Å²) in [5, 5.41) is 9.78. The Morgan fingerprint density at radius 2 is 1.72 bits per heavy atom. The third-order valence-electron chi connectivity index (χ3n) is 4.08. The molecule has 0 heterocycles. The fourth-order valence-electron chi connectivity index (χ4n) is 2.28. The molecule has 0 saturated heterocycles. The smallest absolute Gasteiger partial charge is 0.0537 e. The predicted molar refractivity (Wildman–Crippen MR) is 77.8 cm³/mol. The highest BCUT2D eigenvalue weighted by Gasteiger charge is 2.29. The van der Waals surface area contributed by atoms with Gasteiger partial charge in [-0.2, -0.15) is 0 Å². The summed E-state index contributed by atoms with van der Waals surface area (Å²) in [6.45, 7) is 9.89. The third kappa shape index (κ3) is 3.56. The molecule has 0 aliphatic carbocycles. The molecule has 0 aromatic heterocycles. The van der Waals surface area contributed by atoms with E-state index in [9.17, 15) is 5.11 Å². The standard InChI is InChI=1S/C16H27NO/c1-13(2)14(3)17(5)11-16(4,12-18)15-9-7-6-8-10-15/h6-10,13-14,18H,11-12H2,1-5H3. The van der Waals surface area contributed by atoms with Crippen molar-refractivity contribution in [1.82, 2.24) is 4.90 Å². The van der Waals surface area contributed by atoms with E-state index in [4.69, 9.17) is 0 Å². The summed E-state index contributed by atoms with van der Waals surface area (Å²) >= 11 is 0. The van der Waals surface area contributed by atoms with Gasteiger partial charge in [-0.3, -0.25) is 0 Å². The first-order chi connectivity index (χ1) is 8.40. The lowest BCUT2D eigenvalue weighted by molar-refractivity contribution is 0.122. The first-order valence-electron chi connectivity index (χ1n) is 6.77. The van der Waals surface area contributed by atoms with E-state index in [1.54, 1.807) is 0 Å². The van der Waals surface area contributed by atoms with E-state index in [1.807, 2.05) is 18.2 Å². The van der Waals surface area contributed by atoms with Gasteiger partial charge in [0.2, 0.25) is 0 Å². The van der Waals surface area contributed by atoms with Crippen LogP contribution in [0.3, 0.4) is 0 Å². The van der Waals surface area contributed by atoms with Crippen LogP contribution in [-0.4, -0.2) is 36.2 Å². The lowest BCUT2D eigenvalue weighted by atomic mass is 9.82. The first-order valence-corrected chi connectivity index (χ1v) is 6.77. The van der Waals surface area contributed by atoms with Crippen molar-refractivity contribution < 1.29 is 5.11 Å². The van der Waals surface area contributed by atoms with Gasteiger partial charge in [0.1, 0.15) is 0 Å². The van der Waals surface area contributed by atoms with E-state index < -0.39 is 0 Å². The first kappa shape index (κ1) is 15.2. The molecule has 2 unspecified atom stereocenters. The van der Waals surface area contributed by atoms with Gasteiger partial charge in [-0.25, -0.2) is 0 Å². The zero-order valence-electron chi connectivity index (χ0n) is 12.4. The maximum absolute atomic E-state index is 9.78. The van der Waals surface area contributed by atoms with E-state index in [1.165, 1.54) is 5.56 Å². The van der Waals surface area contributed by atoms with Gasteiger partial charge >= 0.3 is 0 Å². The molecule has 0 spiro atoms. The summed E-state index contributed by atoms with van der Waals surface area (Å²) in [6.07, 6.45) is 0. The van der Waals surface area contributed by atoms with Crippen LogP contribution >= 0.6 is 0 Å². The second-order valence-corrected chi connectivity index (χ2v) is 5.98. The van der Waals surface area contributed by atoms with Gasteiger partial charge in [0.05, 0.1) is 6.61 Å². The van der Waals surface area contributed by atoms with Crippen LogP contribution in [0.2, 0.25) is 0 Å². The summed E-state index contributed by atoms with van der Waals surface area (Å²) in [7, 11) is 2.14. The molecular formula is C16H27NO. The summed E-state index contributed by atoms with van der Waals surface area (Å²) in [5.74, 6) is 0.619. The topological polar surface area (TPSA) is 23.5 Å². The van der Waals surface area contributed by atoms with Crippen molar-refractivity contribution in [2.24, 2.45) is 5.92 Å². The van der Waals surface area contributed by atoms with E-state index in [2.05, 4.69) is 51.8 Å². The largest absolute Gasteiger partial charge is 0.395 e. The summed E-state index contributed by atoms with van der Waals surface area (Å²) in [4.78, 5) is 2.34. The van der Waals surface area contributed by atoms with E-state index in [0.29, 0.717) is 12.0 Å². The van der Waals surface area contributed by atoms with Gasteiger partial charge in [0.15, 0.2) is 0 Å². The average molecular weight is 249 g/mol. The number of aliphatic hydroxyl groups is 1. The second-order valence-electron chi connectivity index (χ2n) is 5.98. The Hall–Kier alpha value is -0.860. The molecule has 0 aliphatic heterocycles. The molecule has 102 valence electrons. The van der Waals surface area contributed by atoms with E-state index >= 15 is 0 Å². The fourth-order valence-corrected chi connectivity index (χ4v) is 2.28. The number of hydrogen-bond acceptors (Lipinski definition) is 2. The van der Waals surface area contributed by atoms with Gasteiger partial charge in [-0.05, 0) is 25.5 Å². The Kier molecular flexibility index (Phi) is 5.36. The zero-order valence-corrected chi connectivity index (χ0v) is 12.4. The molecule has 2 atom stereocenters. The third-order valence-corrected chi connectivity index (χ3v) is 4.08. The zero-order chi connectivity index (χ0) is 13.8. The molecule has 1 rings (SSSR count). The van der Waals surface area contributed by atoms with Gasteiger partial charge in [-0.1, -0.05) is 51.1 Å². The molecule has 0 saturated carbocycles. The lowest BCUT2D eigenvalue weighted by Gasteiger charge is -2.37. The normalized spacial score (nSPS) is 16.9. The molecule has 0 fully saturated rings. The molecule has 1 N–H and O–H groups in total. The minimum atomic E-state index is -0.195. The number of benzene rings is 1. The fraction of sp³-hybridized carbons (Fsp3) is 0.625. The van der Waals surface area contributed by atoms with Crippen molar-refractivity contribution in [3.63, 3.8) is 0 Å². The van der Waals surface area contributed by atoms with Crippen LogP contribution in [0.15, 0.2) is 30.3 Å². The quantitative estimate of drug-likeness (QED) is 0.838. The second kappa shape index (κ2) is 6.35.